The summed E-state index contributed by atoms with van der Waals surface area (Å²) in [7, 11) is 0. The van der Waals surface area contributed by atoms with Crippen LogP contribution in [-0.4, -0.2) is 21.1 Å². The van der Waals surface area contributed by atoms with Crippen LogP contribution in [0, 0.1) is 6.92 Å². The van der Waals surface area contributed by atoms with E-state index in [0.29, 0.717) is 5.69 Å². The summed E-state index contributed by atoms with van der Waals surface area (Å²) >= 11 is 0. The average molecular weight is 304 g/mol. The van der Waals surface area contributed by atoms with Gasteiger partial charge in [-0.1, -0.05) is 23.8 Å². The van der Waals surface area contributed by atoms with Gasteiger partial charge in [0.05, 0.1) is 11.3 Å². The Morgan fingerprint density at radius 1 is 1.17 bits per heavy atom. The Hall–Kier alpha value is -2.95. The van der Waals surface area contributed by atoms with Crippen molar-refractivity contribution in [2.75, 3.05) is 5.32 Å². The lowest BCUT2D eigenvalue weighted by atomic mass is 9.92. The summed E-state index contributed by atoms with van der Waals surface area (Å²) in [6.45, 7) is 2.01. The van der Waals surface area contributed by atoms with Crippen LogP contribution in [-0.2, 0) is 12.8 Å². The molecule has 1 aliphatic rings. The van der Waals surface area contributed by atoms with Gasteiger partial charge in [0.25, 0.3) is 5.91 Å². The fourth-order valence-electron chi connectivity index (χ4n) is 2.93. The largest absolute Gasteiger partial charge is 0.321 e. The van der Waals surface area contributed by atoms with Gasteiger partial charge in [-0.05, 0) is 43.5 Å². The number of anilines is 1. The van der Waals surface area contributed by atoms with E-state index >= 15 is 0 Å². The molecule has 23 heavy (non-hydrogen) atoms. The van der Waals surface area contributed by atoms with Crippen molar-refractivity contribution >= 4 is 11.6 Å². The molecule has 3 aromatic rings. The van der Waals surface area contributed by atoms with Crippen molar-refractivity contribution < 1.29 is 4.79 Å². The molecule has 2 heterocycles. The molecule has 0 saturated carbocycles. The number of aromatic nitrogens is 3. The quantitative estimate of drug-likeness (QED) is 0.764. The van der Waals surface area contributed by atoms with Crippen LogP contribution in [0.25, 0.3) is 11.3 Å². The number of carbonyl (C=O) groups excluding carboxylic acids is 1. The molecule has 5 nitrogen and oxygen atoms in total. The molecule has 0 atom stereocenters. The summed E-state index contributed by atoms with van der Waals surface area (Å²) in [5.74, 6) is -0.218. The molecule has 0 unspecified atom stereocenters. The lowest BCUT2D eigenvalue weighted by Gasteiger charge is -2.15. The molecular weight excluding hydrogens is 288 g/mol. The van der Waals surface area contributed by atoms with Gasteiger partial charge in [0.2, 0.25) is 0 Å². The molecule has 4 rings (SSSR count). The normalized spacial score (nSPS) is 12.4. The molecule has 0 spiro atoms. The second-order valence-electron chi connectivity index (χ2n) is 5.76. The number of aryl methyl sites for hydroxylation is 3. The predicted molar refractivity (Wildman–Crippen MR) is 88.4 cm³/mol. The van der Waals surface area contributed by atoms with E-state index in [1.807, 2.05) is 37.3 Å². The van der Waals surface area contributed by atoms with Crippen molar-refractivity contribution in [1.82, 2.24) is 15.2 Å². The Morgan fingerprint density at radius 2 is 2.00 bits per heavy atom. The fraction of sp³-hybridized carbons (Fsp3) is 0.167. The van der Waals surface area contributed by atoms with Crippen LogP contribution in [0.3, 0.4) is 0 Å². The van der Waals surface area contributed by atoms with Crippen molar-refractivity contribution in [3.05, 3.63) is 65.1 Å². The molecule has 0 bridgehead atoms. The number of nitrogens with zero attached hydrogens (tertiary/aromatic N) is 2. The van der Waals surface area contributed by atoms with E-state index in [-0.39, 0.29) is 5.91 Å². The summed E-state index contributed by atoms with van der Waals surface area (Å²) in [6, 6.07) is 11.7. The molecule has 0 aliphatic heterocycles. The number of fused-ring (bicyclic) bond motifs is 3. The minimum atomic E-state index is -0.218. The monoisotopic (exact) mass is 304 g/mol. The highest BCUT2D eigenvalue weighted by molar-refractivity contribution is 6.07. The molecule has 1 aromatic carbocycles. The zero-order valence-electron chi connectivity index (χ0n) is 12.8. The number of hydrogen-bond acceptors (Lipinski definition) is 3. The molecule has 0 saturated heterocycles. The Balaban J connectivity index is 1.70. The van der Waals surface area contributed by atoms with Crippen LogP contribution < -0.4 is 5.32 Å². The van der Waals surface area contributed by atoms with E-state index in [1.54, 1.807) is 6.20 Å². The second-order valence-corrected chi connectivity index (χ2v) is 5.76. The topological polar surface area (TPSA) is 70.7 Å². The summed E-state index contributed by atoms with van der Waals surface area (Å²) in [5, 5.41) is 10.1. The zero-order valence-corrected chi connectivity index (χ0v) is 12.8. The van der Waals surface area contributed by atoms with Crippen LogP contribution in [0.1, 0.15) is 27.3 Å². The molecule has 1 amide bonds. The van der Waals surface area contributed by atoms with E-state index < -0.39 is 0 Å². The summed E-state index contributed by atoms with van der Waals surface area (Å²) < 4.78 is 0. The number of carbonyl (C=O) groups is 1. The Bertz CT molecular complexity index is 880. The highest BCUT2D eigenvalue weighted by atomic mass is 16.1. The highest BCUT2D eigenvalue weighted by Crippen LogP contribution is 2.33. The van der Waals surface area contributed by atoms with Gasteiger partial charge < -0.3 is 5.32 Å². The van der Waals surface area contributed by atoms with Gasteiger partial charge in [0.15, 0.2) is 5.69 Å². The first-order valence-corrected chi connectivity index (χ1v) is 7.62. The van der Waals surface area contributed by atoms with Crippen molar-refractivity contribution in [3.8, 4) is 11.3 Å². The van der Waals surface area contributed by atoms with Gasteiger partial charge in [-0.2, -0.15) is 5.10 Å². The van der Waals surface area contributed by atoms with Crippen LogP contribution in [0.4, 0.5) is 5.69 Å². The minimum absolute atomic E-state index is 0.218. The van der Waals surface area contributed by atoms with Gasteiger partial charge in [-0.3, -0.25) is 14.9 Å². The Kier molecular flexibility index (Phi) is 3.19. The number of H-pyrrole nitrogens is 1. The standard InChI is InChI=1S/C18H16N4O/c1-11-4-7-13(8-5-11)20-18(23)17-15-14(21-22-17)9-6-12-3-2-10-19-16(12)15/h2-5,7-8,10H,6,9H2,1H3,(H,20,23)(H,21,22). The first kappa shape index (κ1) is 13.7. The maximum Gasteiger partial charge on any atom is 0.276 e. The SMILES string of the molecule is Cc1ccc(NC(=O)c2n[nH]c3c2-c2ncccc2CC3)cc1. The minimum Gasteiger partial charge on any atom is -0.321 e. The molecule has 5 heteroatoms. The summed E-state index contributed by atoms with van der Waals surface area (Å²) in [5.41, 5.74) is 6.14. The van der Waals surface area contributed by atoms with Crippen molar-refractivity contribution in [3.63, 3.8) is 0 Å². The average Bonchev–Trinajstić information content (AvgIpc) is 3.01. The Labute approximate surface area is 133 Å². The second kappa shape index (κ2) is 5.35. The number of pyridine rings is 1. The molecule has 1 aliphatic carbocycles. The number of amides is 1. The van der Waals surface area contributed by atoms with Gasteiger partial charge in [0, 0.05) is 17.6 Å². The van der Waals surface area contributed by atoms with Gasteiger partial charge >= 0.3 is 0 Å². The predicted octanol–water partition coefficient (Wildman–Crippen LogP) is 3.13. The summed E-state index contributed by atoms with van der Waals surface area (Å²) in [6.07, 6.45) is 3.51. The molecular formula is C18H16N4O. The third-order valence-corrected chi connectivity index (χ3v) is 4.14. The van der Waals surface area contributed by atoms with Gasteiger partial charge in [-0.15, -0.1) is 0 Å². The third kappa shape index (κ3) is 2.40. The number of nitrogens with one attached hydrogen (secondary N) is 2. The third-order valence-electron chi connectivity index (χ3n) is 4.14. The number of rotatable bonds is 2. The van der Waals surface area contributed by atoms with Crippen LogP contribution in [0.15, 0.2) is 42.6 Å². The summed E-state index contributed by atoms with van der Waals surface area (Å²) in [4.78, 5) is 17.1. The molecule has 2 N–H and O–H groups in total. The lowest BCUT2D eigenvalue weighted by Crippen LogP contribution is -2.15. The Morgan fingerprint density at radius 3 is 2.83 bits per heavy atom. The molecule has 114 valence electrons. The van der Waals surface area contributed by atoms with E-state index in [9.17, 15) is 4.79 Å². The van der Waals surface area contributed by atoms with Crippen molar-refractivity contribution in [2.24, 2.45) is 0 Å². The molecule has 0 fully saturated rings. The zero-order chi connectivity index (χ0) is 15.8. The first-order valence-electron chi connectivity index (χ1n) is 7.62. The van der Waals surface area contributed by atoms with Crippen molar-refractivity contribution in [2.45, 2.75) is 19.8 Å². The van der Waals surface area contributed by atoms with Gasteiger partial charge in [0.1, 0.15) is 0 Å². The van der Waals surface area contributed by atoms with E-state index in [1.165, 1.54) is 0 Å². The van der Waals surface area contributed by atoms with Crippen LogP contribution in [0.5, 0.6) is 0 Å². The number of hydrogen-bond donors (Lipinski definition) is 2. The highest BCUT2D eigenvalue weighted by Gasteiger charge is 2.26. The van der Waals surface area contributed by atoms with Crippen LogP contribution >= 0.6 is 0 Å². The first-order chi connectivity index (χ1) is 11.2. The van der Waals surface area contributed by atoms with Crippen LogP contribution in [0.2, 0.25) is 0 Å². The number of aromatic amines is 1. The molecule has 0 radical (unpaired) electrons. The van der Waals surface area contributed by atoms with Gasteiger partial charge in [-0.25, -0.2) is 0 Å². The number of benzene rings is 1. The lowest BCUT2D eigenvalue weighted by molar-refractivity contribution is 0.102. The smallest absolute Gasteiger partial charge is 0.276 e. The maximum atomic E-state index is 12.6. The van der Waals surface area contributed by atoms with E-state index in [0.717, 1.165) is 46.6 Å². The van der Waals surface area contributed by atoms with E-state index in [2.05, 4.69) is 26.6 Å². The van der Waals surface area contributed by atoms with Crippen molar-refractivity contribution in [1.29, 1.82) is 0 Å². The molecule has 2 aromatic heterocycles. The van der Waals surface area contributed by atoms with E-state index in [4.69, 9.17) is 0 Å². The maximum absolute atomic E-state index is 12.6. The fourth-order valence-corrected chi connectivity index (χ4v) is 2.93.